The number of carbonyl (C=O) groups excluding carboxylic acids is 3. The highest BCUT2D eigenvalue weighted by molar-refractivity contribution is 7.80. The molecule has 1 aromatic heterocycles. The Balaban J connectivity index is 1.54. The van der Waals surface area contributed by atoms with Gasteiger partial charge in [-0.2, -0.15) is 18.9 Å². The number of pyridine rings is 1. The molecule has 2 fully saturated rings. The molecule has 2 aliphatic heterocycles. The largest absolute Gasteiger partial charge is 0.418 e. The molecule has 174 valence electrons. The first-order valence-electron chi connectivity index (χ1n) is 9.93. The molecule has 4 rings (SSSR count). The number of nitrogens with zero attached hydrogens (tertiary/aromatic N) is 4. The first-order chi connectivity index (χ1) is 15.7. The Morgan fingerprint density at radius 3 is 2.42 bits per heavy atom. The first kappa shape index (κ1) is 22.4. The molecule has 5 amide bonds. The second-order valence-electron chi connectivity index (χ2n) is 7.35. The zero-order valence-electron chi connectivity index (χ0n) is 17.1. The van der Waals surface area contributed by atoms with Crippen LogP contribution in [0.3, 0.4) is 0 Å². The summed E-state index contributed by atoms with van der Waals surface area (Å²) >= 11 is 0. The number of rotatable bonds is 5. The van der Waals surface area contributed by atoms with E-state index in [9.17, 15) is 22.8 Å². The minimum Gasteiger partial charge on any atom is -0.308 e. The number of carbonyl (C=O) groups is 3. The van der Waals surface area contributed by atoms with E-state index >= 15 is 0 Å². The molecule has 14 heteroatoms. The monoisotopic (exact) mass is 477 g/mol. The summed E-state index contributed by atoms with van der Waals surface area (Å²) in [6.45, 7) is 0.0221. The van der Waals surface area contributed by atoms with Gasteiger partial charge in [0.05, 0.1) is 6.04 Å². The zero-order valence-corrected chi connectivity index (χ0v) is 18.0. The van der Waals surface area contributed by atoms with Crippen molar-refractivity contribution in [1.82, 2.24) is 15.4 Å². The van der Waals surface area contributed by atoms with Crippen LogP contribution in [0.25, 0.3) is 0 Å². The maximum Gasteiger partial charge on any atom is 0.418 e. The van der Waals surface area contributed by atoms with Gasteiger partial charge in [-0.3, -0.25) is 9.35 Å². The topological polar surface area (TPSA) is 152 Å². The smallest absolute Gasteiger partial charge is 0.308 e. The summed E-state index contributed by atoms with van der Waals surface area (Å²) in [6.07, 6.45) is 3.50. The number of aromatic nitrogens is 1. The number of urea groups is 2. The number of nitrogens with one attached hydrogen (secondary N) is 2. The van der Waals surface area contributed by atoms with Gasteiger partial charge in [0.25, 0.3) is 0 Å². The van der Waals surface area contributed by atoms with Gasteiger partial charge in [0, 0.05) is 24.4 Å². The third kappa shape index (κ3) is 5.02. The van der Waals surface area contributed by atoms with Crippen molar-refractivity contribution in [2.45, 2.75) is 24.9 Å². The van der Waals surface area contributed by atoms with Crippen LogP contribution in [0.5, 0.6) is 0 Å². The van der Waals surface area contributed by atoms with Crippen LogP contribution in [0.1, 0.15) is 12.8 Å². The van der Waals surface area contributed by atoms with Gasteiger partial charge in [-0.05, 0) is 30.1 Å². The summed E-state index contributed by atoms with van der Waals surface area (Å²) in [5.74, 6) is -0.630. The number of benzene rings is 1. The van der Waals surface area contributed by atoms with Gasteiger partial charge in [0.1, 0.15) is 6.04 Å². The highest BCUT2D eigenvalue weighted by Crippen LogP contribution is 2.31. The lowest BCUT2D eigenvalue weighted by atomic mass is 10.0. The van der Waals surface area contributed by atoms with Crippen LogP contribution in [0.15, 0.2) is 60.9 Å². The fraction of sp³-hybridized carbons (Fsp3) is 0.263. The molecular weight excluding hydrogens is 456 g/mol. The summed E-state index contributed by atoms with van der Waals surface area (Å²) in [5.41, 5.74) is 2.99. The lowest BCUT2D eigenvalue weighted by Gasteiger charge is -2.30. The minimum absolute atomic E-state index is 0.0221. The van der Waals surface area contributed by atoms with Gasteiger partial charge in [0.15, 0.2) is 0 Å². The number of amides is 5. The van der Waals surface area contributed by atoms with Crippen molar-refractivity contribution in [1.29, 1.82) is 0 Å². The van der Waals surface area contributed by atoms with Crippen molar-refractivity contribution in [3.8, 4) is 0 Å². The van der Waals surface area contributed by atoms with Gasteiger partial charge in [-0.15, -0.1) is 4.28 Å². The van der Waals surface area contributed by atoms with Crippen molar-refractivity contribution in [2.75, 3.05) is 17.0 Å². The fourth-order valence-corrected chi connectivity index (χ4v) is 4.14. The van der Waals surface area contributed by atoms with Crippen LogP contribution in [0, 0.1) is 0 Å². The van der Waals surface area contributed by atoms with Crippen molar-refractivity contribution in [3.05, 3.63) is 60.9 Å². The fourth-order valence-electron chi connectivity index (χ4n) is 3.76. The molecular formula is C19H21N6O7S+. The van der Waals surface area contributed by atoms with E-state index in [1.54, 1.807) is 48.5 Å². The van der Waals surface area contributed by atoms with Gasteiger partial charge < -0.3 is 10.2 Å². The van der Waals surface area contributed by atoms with Crippen LogP contribution >= 0.6 is 0 Å². The Morgan fingerprint density at radius 2 is 1.76 bits per heavy atom. The van der Waals surface area contributed by atoms with Crippen molar-refractivity contribution >= 4 is 34.1 Å². The highest BCUT2D eigenvalue weighted by atomic mass is 32.3. The lowest BCUT2D eigenvalue weighted by molar-refractivity contribution is -0.688. The molecule has 0 aliphatic carbocycles. The van der Waals surface area contributed by atoms with Crippen LogP contribution < -0.4 is 20.5 Å². The van der Waals surface area contributed by atoms with E-state index in [-0.39, 0.29) is 19.4 Å². The van der Waals surface area contributed by atoms with Crippen LogP contribution in [-0.2, 0) is 19.5 Å². The predicted octanol–water partition coefficient (Wildman–Crippen LogP) is 0.178. The Kier molecular flexibility index (Phi) is 6.13. The molecule has 3 N–H and O–H groups in total. The average Bonchev–Trinajstić information content (AvgIpc) is 3.02. The quantitative estimate of drug-likeness (QED) is 0.315. The number of para-hydroxylation sites is 1. The Labute approximate surface area is 189 Å². The standard InChI is InChI=1S/C19H20N6O7S/c26-17(16-10-9-15-13-23(16)19(28)24(15)32-33(29,30)31)25(22-11-5-2-6-12-22)21-18(27)20-14-7-3-1-4-8-14/h1-8,11-12,15-16H,9-10,13H2,(H2-,20,21,27,29,30,31)/p+1/t15-,16+/m1/s1. The summed E-state index contributed by atoms with van der Waals surface area (Å²) in [6, 6.07) is 10.4. The zero-order chi connectivity index (χ0) is 23.6. The van der Waals surface area contributed by atoms with Crippen LogP contribution in [-0.4, -0.2) is 59.5 Å². The van der Waals surface area contributed by atoms with E-state index in [1.165, 1.54) is 17.1 Å². The summed E-state index contributed by atoms with van der Waals surface area (Å²) in [7, 11) is -4.91. The maximum absolute atomic E-state index is 13.5. The summed E-state index contributed by atoms with van der Waals surface area (Å²) in [4.78, 5) is 39.9. The first-order valence-corrected chi connectivity index (χ1v) is 11.3. The second-order valence-corrected chi connectivity index (χ2v) is 8.35. The second kappa shape index (κ2) is 9.01. The number of hydrogen-bond acceptors (Lipinski definition) is 6. The average molecular weight is 477 g/mol. The Bertz CT molecular complexity index is 1150. The predicted molar refractivity (Wildman–Crippen MR) is 112 cm³/mol. The van der Waals surface area contributed by atoms with Gasteiger partial charge >= 0.3 is 28.4 Å². The molecule has 3 heterocycles. The van der Waals surface area contributed by atoms with E-state index < -0.39 is 40.5 Å². The SMILES string of the molecule is O=C(Nc1ccccc1)NN(C(=O)[C@@H]1CC[C@@H]2CN1C(=O)N2OS(=O)(=O)O)[n+]1ccccc1. The minimum atomic E-state index is -4.91. The van der Waals surface area contributed by atoms with Crippen molar-refractivity contribution < 1.29 is 36.3 Å². The molecule has 0 unspecified atom stereocenters. The molecule has 2 aliphatic rings. The molecule has 0 spiro atoms. The van der Waals surface area contributed by atoms with Crippen molar-refractivity contribution in [3.63, 3.8) is 0 Å². The van der Waals surface area contributed by atoms with Crippen molar-refractivity contribution in [2.24, 2.45) is 0 Å². The molecule has 1 aromatic carbocycles. The van der Waals surface area contributed by atoms with E-state index in [0.717, 1.165) is 10.0 Å². The number of anilines is 1. The normalized spacial score (nSPS) is 19.8. The third-order valence-electron chi connectivity index (χ3n) is 5.16. The Morgan fingerprint density at radius 1 is 1.09 bits per heavy atom. The lowest BCUT2D eigenvalue weighted by Crippen LogP contribution is -2.72. The van der Waals surface area contributed by atoms with E-state index in [1.807, 2.05) is 0 Å². The Hall–Kier alpha value is -3.75. The molecule has 2 aromatic rings. The van der Waals surface area contributed by atoms with Gasteiger partial charge in [0.2, 0.25) is 12.4 Å². The molecule has 2 bridgehead atoms. The third-order valence-corrected chi connectivity index (χ3v) is 5.51. The van der Waals surface area contributed by atoms with Crippen LogP contribution in [0.4, 0.5) is 15.3 Å². The molecule has 0 radical (unpaired) electrons. The number of hydroxylamine groups is 2. The summed E-state index contributed by atoms with van der Waals surface area (Å²) in [5, 5.41) is 4.13. The van der Waals surface area contributed by atoms with Gasteiger partial charge in [-0.25, -0.2) is 9.59 Å². The molecule has 33 heavy (non-hydrogen) atoms. The van der Waals surface area contributed by atoms with E-state index in [2.05, 4.69) is 15.0 Å². The number of piperidine rings is 1. The van der Waals surface area contributed by atoms with E-state index in [4.69, 9.17) is 4.55 Å². The van der Waals surface area contributed by atoms with E-state index in [0.29, 0.717) is 10.8 Å². The molecule has 2 atom stereocenters. The maximum atomic E-state index is 13.5. The number of fused-ring (bicyclic) bond motifs is 2. The number of hydrogen-bond donors (Lipinski definition) is 3. The highest BCUT2D eigenvalue weighted by Gasteiger charge is 2.51. The molecule has 2 saturated heterocycles. The molecule has 13 nitrogen and oxygen atoms in total. The van der Waals surface area contributed by atoms with Crippen LogP contribution in [0.2, 0.25) is 0 Å². The summed E-state index contributed by atoms with van der Waals surface area (Å²) < 4.78 is 36.9. The molecule has 0 saturated carbocycles. The van der Waals surface area contributed by atoms with Gasteiger partial charge in [-0.1, -0.05) is 28.9 Å². The number of hydrazine groups is 1.